The molecular formula is C10H16N2O2S. The van der Waals surface area contributed by atoms with Crippen molar-refractivity contribution in [2.45, 2.75) is 19.8 Å². The minimum atomic E-state index is -0.187. The van der Waals surface area contributed by atoms with Gasteiger partial charge in [0, 0.05) is 25.4 Å². The van der Waals surface area contributed by atoms with E-state index < -0.39 is 0 Å². The first kappa shape index (κ1) is 12.0. The van der Waals surface area contributed by atoms with Crippen LogP contribution in [0.25, 0.3) is 0 Å². The number of hydrogen-bond donors (Lipinski definition) is 0. The molecule has 0 saturated heterocycles. The van der Waals surface area contributed by atoms with E-state index >= 15 is 0 Å². The topological polar surface area (TPSA) is 42.4 Å². The summed E-state index contributed by atoms with van der Waals surface area (Å²) in [5, 5.41) is 2.99. The van der Waals surface area contributed by atoms with Crippen molar-refractivity contribution in [3.05, 3.63) is 11.1 Å². The predicted octanol–water partition coefficient (Wildman–Crippen LogP) is 1.70. The molecule has 0 atom stereocenters. The fourth-order valence-corrected chi connectivity index (χ4v) is 1.94. The lowest BCUT2D eigenvalue weighted by molar-refractivity contribution is -0.140. The number of hydrogen-bond acceptors (Lipinski definition) is 5. The van der Waals surface area contributed by atoms with Gasteiger partial charge in [0.25, 0.3) is 0 Å². The number of nitrogens with zero attached hydrogens (tertiary/aromatic N) is 2. The van der Waals surface area contributed by atoms with Gasteiger partial charge in [-0.25, -0.2) is 4.98 Å². The molecule has 0 aliphatic rings. The highest BCUT2D eigenvalue weighted by atomic mass is 32.1. The number of anilines is 1. The van der Waals surface area contributed by atoms with Crippen molar-refractivity contribution in [3.8, 4) is 0 Å². The maximum Gasteiger partial charge on any atom is 0.305 e. The zero-order valence-electron chi connectivity index (χ0n) is 9.32. The van der Waals surface area contributed by atoms with E-state index in [1.807, 2.05) is 12.4 Å². The standard InChI is InChI=1S/C10H16N2O2S/c1-4-12(2)10-11-8(7-15-10)5-6-9(13)14-3/h7H,4-6H2,1-3H3. The Morgan fingerprint density at radius 2 is 2.40 bits per heavy atom. The molecule has 0 aromatic carbocycles. The van der Waals surface area contributed by atoms with Crippen LogP contribution in [0.3, 0.4) is 0 Å². The van der Waals surface area contributed by atoms with E-state index in [0.29, 0.717) is 12.8 Å². The zero-order chi connectivity index (χ0) is 11.3. The van der Waals surface area contributed by atoms with E-state index in [0.717, 1.165) is 17.4 Å². The van der Waals surface area contributed by atoms with Crippen LogP contribution in [-0.2, 0) is 16.0 Å². The summed E-state index contributed by atoms with van der Waals surface area (Å²) >= 11 is 1.60. The molecule has 1 aromatic rings. The average Bonchev–Trinajstić information content (AvgIpc) is 2.73. The molecule has 0 bridgehead atoms. The number of methoxy groups -OCH3 is 1. The van der Waals surface area contributed by atoms with Crippen molar-refractivity contribution >= 4 is 22.4 Å². The normalized spacial score (nSPS) is 10.1. The fourth-order valence-electron chi connectivity index (χ4n) is 1.05. The summed E-state index contributed by atoms with van der Waals surface area (Å²) in [5.74, 6) is -0.187. The monoisotopic (exact) mass is 228 g/mol. The molecule has 4 nitrogen and oxygen atoms in total. The van der Waals surface area contributed by atoms with Crippen molar-refractivity contribution in [1.29, 1.82) is 0 Å². The number of rotatable bonds is 5. The highest BCUT2D eigenvalue weighted by Crippen LogP contribution is 2.19. The Bertz CT molecular complexity index is 325. The first-order valence-electron chi connectivity index (χ1n) is 4.89. The molecule has 0 N–H and O–H groups in total. The minimum absolute atomic E-state index is 0.187. The number of carbonyl (C=O) groups is 1. The molecule has 0 fully saturated rings. The zero-order valence-corrected chi connectivity index (χ0v) is 10.1. The number of esters is 1. The van der Waals surface area contributed by atoms with E-state index in [1.165, 1.54) is 7.11 Å². The number of thiazole rings is 1. The lowest BCUT2D eigenvalue weighted by Crippen LogP contribution is -2.15. The van der Waals surface area contributed by atoms with Crippen LogP contribution in [0.1, 0.15) is 19.0 Å². The Kier molecular flexibility index (Phi) is 4.55. The molecule has 0 aliphatic carbocycles. The summed E-state index contributed by atoms with van der Waals surface area (Å²) in [6, 6.07) is 0. The average molecular weight is 228 g/mol. The van der Waals surface area contributed by atoms with Crippen LogP contribution >= 0.6 is 11.3 Å². The second-order valence-corrected chi connectivity index (χ2v) is 4.05. The Morgan fingerprint density at radius 3 is 3.00 bits per heavy atom. The molecule has 0 radical (unpaired) electrons. The summed E-state index contributed by atoms with van der Waals surface area (Å²) in [4.78, 5) is 17.4. The number of aromatic nitrogens is 1. The molecule has 1 heterocycles. The van der Waals surface area contributed by atoms with Gasteiger partial charge in [-0.1, -0.05) is 0 Å². The number of carbonyl (C=O) groups excluding carboxylic acids is 1. The van der Waals surface area contributed by atoms with Crippen LogP contribution in [0.15, 0.2) is 5.38 Å². The Morgan fingerprint density at radius 1 is 1.67 bits per heavy atom. The number of aryl methyl sites for hydroxylation is 1. The minimum Gasteiger partial charge on any atom is -0.469 e. The van der Waals surface area contributed by atoms with Crippen LogP contribution in [0.5, 0.6) is 0 Å². The van der Waals surface area contributed by atoms with E-state index in [9.17, 15) is 4.79 Å². The van der Waals surface area contributed by atoms with Crippen LogP contribution in [0.4, 0.5) is 5.13 Å². The van der Waals surface area contributed by atoms with Crippen LogP contribution in [0.2, 0.25) is 0 Å². The second kappa shape index (κ2) is 5.70. The molecule has 84 valence electrons. The Labute approximate surface area is 93.9 Å². The second-order valence-electron chi connectivity index (χ2n) is 3.21. The van der Waals surface area contributed by atoms with Gasteiger partial charge in [-0.05, 0) is 6.92 Å². The molecule has 0 aliphatic heterocycles. The SMILES string of the molecule is CCN(C)c1nc(CCC(=O)OC)cs1. The van der Waals surface area contributed by atoms with Crippen molar-refractivity contribution in [1.82, 2.24) is 4.98 Å². The highest BCUT2D eigenvalue weighted by Gasteiger charge is 2.07. The largest absolute Gasteiger partial charge is 0.469 e. The van der Waals surface area contributed by atoms with E-state index in [1.54, 1.807) is 11.3 Å². The van der Waals surface area contributed by atoms with Crippen LogP contribution in [0, 0.1) is 0 Å². The van der Waals surface area contributed by atoms with Crippen LogP contribution in [-0.4, -0.2) is 31.7 Å². The van der Waals surface area contributed by atoms with E-state index in [-0.39, 0.29) is 5.97 Å². The van der Waals surface area contributed by atoms with Crippen LogP contribution < -0.4 is 4.90 Å². The Balaban J connectivity index is 2.49. The summed E-state index contributed by atoms with van der Waals surface area (Å²) in [6.45, 7) is 3.01. The quantitative estimate of drug-likeness (QED) is 0.719. The van der Waals surface area contributed by atoms with Gasteiger partial charge in [0.2, 0.25) is 0 Å². The molecule has 0 amide bonds. The fraction of sp³-hybridized carbons (Fsp3) is 0.600. The molecule has 1 aromatic heterocycles. The van der Waals surface area contributed by atoms with Gasteiger partial charge in [0.1, 0.15) is 0 Å². The first-order valence-corrected chi connectivity index (χ1v) is 5.77. The van der Waals surface area contributed by atoms with Gasteiger partial charge >= 0.3 is 5.97 Å². The summed E-state index contributed by atoms with van der Waals surface area (Å²) in [6.07, 6.45) is 1.05. The van der Waals surface area contributed by atoms with Crippen molar-refractivity contribution in [2.75, 3.05) is 25.6 Å². The van der Waals surface area contributed by atoms with E-state index in [2.05, 4.69) is 21.5 Å². The van der Waals surface area contributed by atoms with Gasteiger partial charge in [-0.2, -0.15) is 0 Å². The molecule has 1 rings (SSSR count). The summed E-state index contributed by atoms with van der Waals surface area (Å²) < 4.78 is 4.57. The van der Waals surface area contributed by atoms with Gasteiger partial charge in [0.15, 0.2) is 5.13 Å². The third-order valence-electron chi connectivity index (χ3n) is 2.15. The van der Waals surface area contributed by atoms with Crippen molar-refractivity contribution < 1.29 is 9.53 Å². The number of ether oxygens (including phenoxy) is 1. The van der Waals surface area contributed by atoms with Crippen molar-refractivity contribution in [2.24, 2.45) is 0 Å². The molecule has 0 spiro atoms. The lowest BCUT2D eigenvalue weighted by atomic mass is 10.2. The third kappa shape index (κ3) is 3.51. The van der Waals surface area contributed by atoms with Gasteiger partial charge in [-0.15, -0.1) is 11.3 Å². The third-order valence-corrected chi connectivity index (χ3v) is 3.16. The Hall–Kier alpha value is -1.10. The molecular weight excluding hydrogens is 212 g/mol. The molecule has 15 heavy (non-hydrogen) atoms. The molecule has 5 heteroatoms. The summed E-state index contributed by atoms with van der Waals surface area (Å²) in [7, 11) is 3.41. The summed E-state index contributed by atoms with van der Waals surface area (Å²) in [5.41, 5.74) is 0.959. The first-order chi connectivity index (χ1) is 7.17. The smallest absolute Gasteiger partial charge is 0.305 e. The van der Waals surface area contributed by atoms with Gasteiger partial charge < -0.3 is 9.64 Å². The van der Waals surface area contributed by atoms with Gasteiger partial charge in [0.05, 0.1) is 19.2 Å². The molecule has 0 saturated carbocycles. The maximum absolute atomic E-state index is 10.9. The highest BCUT2D eigenvalue weighted by molar-refractivity contribution is 7.13. The van der Waals surface area contributed by atoms with E-state index in [4.69, 9.17) is 0 Å². The lowest BCUT2D eigenvalue weighted by Gasteiger charge is -2.11. The maximum atomic E-state index is 10.9. The predicted molar refractivity (Wildman–Crippen MR) is 61.4 cm³/mol. The van der Waals surface area contributed by atoms with Gasteiger partial charge in [-0.3, -0.25) is 4.79 Å². The van der Waals surface area contributed by atoms with Crippen molar-refractivity contribution in [3.63, 3.8) is 0 Å². The molecule has 0 unspecified atom stereocenters.